The van der Waals surface area contributed by atoms with Crippen LogP contribution >= 0.6 is 0 Å². The highest BCUT2D eigenvalue weighted by molar-refractivity contribution is 5.89. The number of esters is 3. The van der Waals surface area contributed by atoms with E-state index in [0.29, 0.717) is 11.1 Å². The van der Waals surface area contributed by atoms with Gasteiger partial charge in [0, 0.05) is 13.8 Å². The highest BCUT2D eigenvalue weighted by atomic mass is 16.6. The van der Waals surface area contributed by atoms with Gasteiger partial charge in [-0.1, -0.05) is 12.1 Å². The Morgan fingerprint density at radius 2 is 1.65 bits per heavy atom. The van der Waals surface area contributed by atoms with E-state index in [-0.39, 0.29) is 6.61 Å². The summed E-state index contributed by atoms with van der Waals surface area (Å²) in [5, 5.41) is 0. The first kappa shape index (κ1) is 15.7. The van der Waals surface area contributed by atoms with Gasteiger partial charge in [-0.3, -0.25) is 9.59 Å². The molecule has 0 saturated heterocycles. The number of benzene rings is 1. The van der Waals surface area contributed by atoms with Gasteiger partial charge >= 0.3 is 17.9 Å². The maximum Gasteiger partial charge on any atom is 0.337 e. The minimum absolute atomic E-state index is 0.0769. The summed E-state index contributed by atoms with van der Waals surface area (Å²) < 4.78 is 14.5. The Balaban J connectivity index is 2.86. The number of methoxy groups -OCH3 is 1. The molecule has 1 atom stereocenters. The number of rotatable bonds is 5. The minimum Gasteiger partial charge on any atom is -0.465 e. The van der Waals surface area contributed by atoms with Crippen LogP contribution in [0, 0.1) is 0 Å². The van der Waals surface area contributed by atoms with Crippen molar-refractivity contribution in [3.05, 3.63) is 35.4 Å². The van der Waals surface area contributed by atoms with Crippen LogP contribution in [0.2, 0.25) is 0 Å². The van der Waals surface area contributed by atoms with Gasteiger partial charge in [0.25, 0.3) is 0 Å². The Morgan fingerprint density at radius 1 is 1.05 bits per heavy atom. The van der Waals surface area contributed by atoms with Crippen molar-refractivity contribution >= 4 is 17.9 Å². The van der Waals surface area contributed by atoms with Crippen LogP contribution in [0.15, 0.2) is 24.3 Å². The molecule has 0 aromatic heterocycles. The molecule has 1 aromatic rings. The molecule has 0 amide bonds. The summed E-state index contributed by atoms with van der Waals surface area (Å²) in [4.78, 5) is 33.2. The molecule has 0 spiro atoms. The maximum absolute atomic E-state index is 11.3. The maximum atomic E-state index is 11.3. The number of carbonyl (C=O) groups excluding carboxylic acids is 3. The standard InChI is InChI=1S/C14H16O6/c1-9(15)19-8-13(20-10(2)16)11-4-6-12(7-5-11)14(17)18-3/h4-7,13H,8H2,1-3H3/t13-/m1/s1. The van der Waals surface area contributed by atoms with E-state index in [9.17, 15) is 14.4 Å². The van der Waals surface area contributed by atoms with Crippen LogP contribution in [0.1, 0.15) is 35.9 Å². The van der Waals surface area contributed by atoms with E-state index >= 15 is 0 Å². The number of ether oxygens (including phenoxy) is 3. The van der Waals surface area contributed by atoms with E-state index < -0.39 is 24.0 Å². The molecule has 6 heteroatoms. The third kappa shape index (κ3) is 4.72. The van der Waals surface area contributed by atoms with Gasteiger partial charge in [-0.2, -0.15) is 0 Å². The summed E-state index contributed by atoms with van der Waals surface area (Å²) >= 11 is 0. The van der Waals surface area contributed by atoms with Crippen LogP contribution in [0.25, 0.3) is 0 Å². The Kier molecular flexibility index (Phi) is 5.71. The number of hydrogen-bond donors (Lipinski definition) is 0. The lowest BCUT2D eigenvalue weighted by Crippen LogP contribution is -2.16. The van der Waals surface area contributed by atoms with E-state index in [0.717, 1.165) is 0 Å². The quantitative estimate of drug-likeness (QED) is 0.602. The van der Waals surface area contributed by atoms with Crippen molar-refractivity contribution in [3.8, 4) is 0 Å². The molecule has 0 aliphatic heterocycles. The normalized spacial score (nSPS) is 11.3. The Morgan fingerprint density at radius 3 is 2.10 bits per heavy atom. The summed E-state index contributed by atoms with van der Waals surface area (Å²) in [5.74, 6) is -1.41. The molecule has 1 rings (SSSR count). The lowest BCUT2D eigenvalue weighted by molar-refractivity contribution is -0.156. The molecule has 6 nitrogen and oxygen atoms in total. The minimum atomic E-state index is -0.705. The second-order valence-electron chi connectivity index (χ2n) is 4.01. The molecule has 0 radical (unpaired) electrons. The summed E-state index contributed by atoms with van der Waals surface area (Å²) in [5.41, 5.74) is 0.999. The first-order valence-electron chi connectivity index (χ1n) is 5.93. The van der Waals surface area contributed by atoms with Gasteiger partial charge in [-0.15, -0.1) is 0 Å². The molecule has 0 bridgehead atoms. The molecule has 0 fully saturated rings. The zero-order valence-electron chi connectivity index (χ0n) is 11.5. The van der Waals surface area contributed by atoms with Gasteiger partial charge < -0.3 is 14.2 Å². The topological polar surface area (TPSA) is 78.9 Å². The molecular weight excluding hydrogens is 264 g/mol. The lowest BCUT2D eigenvalue weighted by Gasteiger charge is -2.17. The Labute approximate surface area is 116 Å². The van der Waals surface area contributed by atoms with Crippen LogP contribution in [0.4, 0.5) is 0 Å². The summed E-state index contributed by atoms with van der Waals surface area (Å²) in [6.45, 7) is 2.46. The average molecular weight is 280 g/mol. The second kappa shape index (κ2) is 7.28. The van der Waals surface area contributed by atoms with Crippen molar-refractivity contribution in [1.82, 2.24) is 0 Å². The smallest absolute Gasteiger partial charge is 0.337 e. The van der Waals surface area contributed by atoms with Gasteiger partial charge in [0.2, 0.25) is 0 Å². The summed E-state index contributed by atoms with van der Waals surface area (Å²) in [6.07, 6.45) is -0.705. The van der Waals surface area contributed by atoms with Crippen molar-refractivity contribution in [2.45, 2.75) is 20.0 Å². The van der Waals surface area contributed by atoms with Gasteiger partial charge in [0.15, 0.2) is 6.10 Å². The largest absolute Gasteiger partial charge is 0.465 e. The molecule has 1 aromatic carbocycles. The first-order valence-corrected chi connectivity index (χ1v) is 5.93. The van der Waals surface area contributed by atoms with E-state index in [4.69, 9.17) is 9.47 Å². The molecular formula is C14H16O6. The zero-order chi connectivity index (χ0) is 15.1. The Hall–Kier alpha value is -2.37. The molecule has 0 unspecified atom stereocenters. The monoisotopic (exact) mass is 280 g/mol. The lowest BCUT2D eigenvalue weighted by atomic mass is 10.1. The zero-order valence-corrected chi connectivity index (χ0v) is 11.5. The van der Waals surface area contributed by atoms with Crippen LogP contribution < -0.4 is 0 Å². The van der Waals surface area contributed by atoms with Gasteiger partial charge in [-0.25, -0.2) is 4.79 Å². The van der Waals surface area contributed by atoms with Crippen LogP contribution in [0.3, 0.4) is 0 Å². The third-order valence-corrected chi connectivity index (χ3v) is 2.45. The SMILES string of the molecule is COC(=O)c1ccc([C@@H](COC(C)=O)OC(C)=O)cc1. The second-order valence-corrected chi connectivity index (χ2v) is 4.01. The van der Waals surface area contributed by atoms with E-state index in [1.807, 2.05) is 0 Å². The highest BCUT2D eigenvalue weighted by Crippen LogP contribution is 2.19. The molecule has 0 aliphatic carbocycles. The van der Waals surface area contributed by atoms with Crippen LogP contribution in [-0.4, -0.2) is 31.6 Å². The van der Waals surface area contributed by atoms with Crippen molar-refractivity contribution in [2.24, 2.45) is 0 Å². The molecule has 20 heavy (non-hydrogen) atoms. The van der Waals surface area contributed by atoms with Crippen molar-refractivity contribution < 1.29 is 28.6 Å². The van der Waals surface area contributed by atoms with Gasteiger partial charge in [-0.05, 0) is 17.7 Å². The van der Waals surface area contributed by atoms with E-state index in [1.165, 1.54) is 21.0 Å². The van der Waals surface area contributed by atoms with Gasteiger partial charge in [0.05, 0.1) is 12.7 Å². The highest BCUT2D eigenvalue weighted by Gasteiger charge is 2.17. The van der Waals surface area contributed by atoms with E-state index in [2.05, 4.69) is 4.74 Å². The number of hydrogen-bond acceptors (Lipinski definition) is 6. The fraction of sp³-hybridized carbons (Fsp3) is 0.357. The summed E-state index contributed by atoms with van der Waals surface area (Å²) in [7, 11) is 1.29. The number of carbonyl (C=O) groups is 3. The fourth-order valence-corrected chi connectivity index (χ4v) is 1.54. The summed E-state index contributed by atoms with van der Waals surface area (Å²) in [6, 6.07) is 6.32. The van der Waals surface area contributed by atoms with Crippen LogP contribution in [0.5, 0.6) is 0 Å². The van der Waals surface area contributed by atoms with E-state index in [1.54, 1.807) is 24.3 Å². The molecule has 108 valence electrons. The third-order valence-electron chi connectivity index (χ3n) is 2.45. The Bertz CT molecular complexity index is 491. The van der Waals surface area contributed by atoms with Crippen molar-refractivity contribution in [1.29, 1.82) is 0 Å². The van der Waals surface area contributed by atoms with Gasteiger partial charge in [0.1, 0.15) is 6.61 Å². The molecule has 0 heterocycles. The molecule has 0 saturated carbocycles. The van der Waals surface area contributed by atoms with Crippen molar-refractivity contribution in [3.63, 3.8) is 0 Å². The van der Waals surface area contributed by atoms with Crippen LogP contribution in [-0.2, 0) is 23.8 Å². The predicted octanol–water partition coefficient (Wildman–Crippen LogP) is 1.64. The predicted molar refractivity (Wildman–Crippen MR) is 68.9 cm³/mol. The van der Waals surface area contributed by atoms with Crippen molar-refractivity contribution in [2.75, 3.05) is 13.7 Å². The molecule has 0 aliphatic rings. The molecule has 0 N–H and O–H groups in total. The first-order chi connectivity index (χ1) is 9.43. The fourth-order valence-electron chi connectivity index (χ4n) is 1.54. The average Bonchev–Trinajstić information content (AvgIpc) is 2.42.